The Hall–Kier alpha value is -1.40. The lowest BCUT2D eigenvalue weighted by molar-refractivity contribution is 0.102. The minimum Gasteiger partial charge on any atom is -0.357 e. The van der Waals surface area contributed by atoms with Crippen molar-refractivity contribution in [2.45, 2.75) is 37.1 Å². The highest BCUT2D eigenvalue weighted by molar-refractivity contribution is 8.01. The lowest BCUT2D eigenvalue weighted by Gasteiger charge is -2.03. The molecule has 6 heteroatoms. The standard InChI is InChI=1S/C15H17N3OS2/c1-9-3-4-11(7-10(9)2)13(19)8-20-15-18-17-14(21-15)16-12-5-6-12/h3-4,7,12H,5-6,8H2,1-2H3,(H,16,17). The van der Waals surface area contributed by atoms with E-state index < -0.39 is 0 Å². The van der Waals surface area contributed by atoms with E-state index >= 15 is 0 Å². The Balaban J connectivity index is 1.57. The topological polar surface area (TPSA) is 54.9 Å². The smallest absolute Gasteiger partial charge is 0.206 e. The summed E-state index contributed by atoms with van der Waals surface area (Å²) in [6, 6.07) is 6.42. The van der Waals surface area contributed by atoms with Gasteiger partial charge in [-0.2, -0.15) is 0 Å². The van der Waals surface area contributed by atoms with Gasteiger partial charge in [0, 0.05) is 11.6 Å². The molecular weight excluding hydrogens is 302 g/mol. The summed E-state index contributed by atoms with van der Waals surface area (Å²) in [6.07, 6.45) is 2.43. The molecule has 2 aromatic rings. The van der Waals surface area contributed by atoms with E-state index in [-0.39, 0.29) is 5.78 Å². The van der Waals surface area contributed by atoms with Crippen molar-refractivity contribution in [2.24, 2.45) is 0 Å². The van der Waals surface area contributed by atoms with E-state index in [1.807, 2.05) is 32.0 Å². The molecular formula is C15H17N3OS2. The first-order valence-electron chi connectivity index (χ1n) is 6.95. The van der Waals surface area contributed by atoms with Crippen LogP contribution in [0.5, 0.6) is 0 Å². The van der Waals surface area contributed by atoms with Gasteiger partial charge in [-0.3, -0.25) is 4.79 Å². The number of aryl methyl sites for hydroxylation is 2. The van der Waals surface area contributed by atoms with Gasteiger partial charge in [0.1, 0.15) is 0 Å². The summed E-state index contributed by atoms with van der Waals surface area (Å²) < 4.78 is 0.843. The number of hydrogen-bond donors (Lipinski definition) is 1. The zero-order chi connectivity index (χ0) is 14.8. The molecule has 0 radical (unpaired) electrons. The first-order valence-corrected chi connectivity index (χ1v) is 8.75. The number of rotatable bonds is 6. The van der Waals surface area contributed by atoms with Crippen LogP contribution >= 0.6 is 23.1 Å². The number of benzene rings is 1. The van der Waals surface area contributed by atoms with Crippen molar-refractivity contribution >= 4 is 34.0 Å². The number of nitrogens with zero attached hydrogens (tertiary/aromatic N) is 2. The van der Waals surface area contributed by atoms with Gasteiger partial charge in [-0.25, -0.2) is 0 Å². The third kappa shape index (κ3) is 3.83. The molecule has 0 aliphatic heterocycles. The molecule has 1 aliphatic rings. The highest BCUT2D eigenvalue weighted by atomic mass is 32.2. The number of thioether (sulfide) groups is 1. The maximum Gasteiger partial charge on any atom is 0.206 e. The van der Waals surface area contributed by atoms with Gasteiger partial charge in [0.2, 0.25) is 5.13 Å². The van der Waals surface area contributed by atoms with Gasteiger partial charge in [-0.05, 0) is 43.9 Å². The number of ketones is 1. The molecule has 1 fully saturated rings. The number of carbonyl (C=O) groups is 1. The van der Waals surface area contributed by atoms with Crippen LogP contribution in [0.4, 0.5) is 5.13 Å². The molecule has 1 aromatic heterocycles. The van der Waals surface area contributed by atoms with Crippen molar-refractivity contribution in [3.05, 3.63) is 34.9 Å². The third-order valence-corrected chi connectivity index (χ3v) is 5.45. The van der Waals surface area contributed by atoms with E-state index in [1.165, 1.54) is 41.5 Å². The van der Waals surface area contributed by atoms with Crippen molar-refractivity contribution in [1.29, 1.82) is 0 Å². The molecule has 0 atom stereocenters. The summed E-state index contributed by atoms with van der Waals surface area (Å²) in [6.45, 7) is 4.08. The van der Waals surface area contributed by atoms with Gasteiger partial charge in [0.15, 0.2) is 10.1 Å². The first-order chi connectivity index (χ1) is 10.1. The molecule has 0 spiro atoms. The zero-order valence-corrected chi connectivity index (χ0v) is 13.7. The van der Waals surface area contributed by atoms with Gasteiger partial charge in [-0.1, -0.05) is 35.2 Å². The number of aromatic nitrogens is 2. The summed E-state index contributed by atoms with van der Waals surface area (Å²) in [5, 5.41) is 12.4. The lowest BCUT2D eigenvalue weighted by Crippen LogP contribution is -2.03. The normalized spacial score (nSPS) is 14.2. The quantitative estimate of drug-likeness (QED) is 0.650. The number of Topliss-reactive ketones (excluding diaryl/α,β-unsaturated/α-hetero) is 1. The van der Waals surface area contributed by atoms with E-state index in [9.17, 15) is 4.79 Å². The van der Waals surface area contributed by atoms with Crippen LogP contribution in [-0.4, -0.2) is 27.8 Å². The molecule has 1 saturated carbocycles. The van der Waals surface area contributed by atoms with Crippen LogP contribution in [-0.2, 0) is 0 Å². The van der Waals surface area contributed by atoms with Gasteiger partial charge < -0.3 is 5.32 Å². The van der Waals surface area contributed by atoms with Crippen LogP contribution in [0.25, 0.3) is 0 Å². The summed E-state index contributed by atoms with van der Waals surface area (Å²) in [5.74, 6) is 0.538. The largest absolute Gasteiger partial charge is 0.357 e. The second-order valence-corrected chi connectivity index (χ2v) is 7.50. The van der Waals surface area contributed by atoms with Crippen molar-refractivity contribution in [3.8, 4) is 0 Å². The van der Waals surface area contributed by atoms with Crippen molar-refractivity contribution in [2.75, 3.05) is 11.1 Å². The molecule has 1 aromatic carbocycles. The van der Waals surface area contributed by atoms with Crippen LogP contribution in [0, 0.1) is 13.8 Å². The Kier molecular flexibility index (Phi) is 4.26. The number of hydrogen-bond acceptors (Lipinski definition) is 6. The van der Waals surface area contributed by atoms with Crippen LogP contribution < -0.4 is 5.32 Å². The summed E-state index contributed by atoms with van der Waals surface area (Å²) in [4.78, 5) is 12.2. The van der Waals surface area contributed by atoms with Gasteiger partial charge in [0.05, 0.1) is 5.75 Å². The second kappa shape index (κ2) is 6.15. The van der Waals surface area contributed by atoms with Crippen molar-refractivity contribution < 1.29 is 4.79 Å². The van der Waals surface area contributed by atoms with Crippen LogP contribution in [0.1, 0.15) is 34.3 Å². The molecule has 1 aliphatic carbocycles. The van der Waals surface area contributed by atoms with E-state index in [0.29, 0.717) is 11.8 Å². The molecule has 1 N–H and O–H groups in total. The first kappa shape index (κ1) is 14.5. The Bertz CT molecular complexity index is 665. The average molecular weight is 319 g/mol. The molecule has 0 unspecified atom stereocenters. The van der Waals surface area contributed by atoms with Crippen LogP contribution in [0.3, 0.4) is 0 Å². The minimum absolute atomic E-state index is 0.134. The molecule has 21 heavy (non-hydrogen) atoms. The zero-order valence-electron chi connectivity index (χ0n) is 12.0. The van der Waals surface area contributed by atoms with Crippen LogP contribution in [0.15, 0.2) is 22.5 Å². The van der Waals surface area contributed by atoms with E-state index in [4.69, 9.17) is 0 Å². The SMILES string of the molecule is Cc1ccc(C(=O)CSc2nnc(NC3CC3)s2)cc1C. The Labute approximate surface area is 132 Å². The highest BCUT2D eigenvalue weighted by Gasteiger charge is 2.22. The maximum absolute atomic E-state index is 12.2. The van der Waals surface area contributed by atoms with Gasteiger partial charge in [0.25, 0.3) is 0 Å². The third-order valence-electron chi connectivity index (χ3n) is 3.47. The number of nitrogens with one attached hydrogen (secondary N) is 1. The Morgan fingerprint density at radius 2 is 2.14 bits per heavy atom. The van der Waals surface area contributed by atoms with Gasteiger partial charge >= 0.3 is 0 Å². The van der Waals surface area contributed by atoms with E-state index in [2.05, 4.69) is 15.5 Å². The molecule has 4 nitrogen and oxygen atoms in total. The van der Waals surface area contributed by atoms with Crippen molar-refractivity contribution in [1.82, 2.24) is 10.2 Å². The lowest BCUT2D eigenvalue weighted by atomic mass is 10.0. The number of anilines is 1. The predicted octanol–water partition coefficient (Wildman–Crippen LogP) is 3.70. The van der Waals surface area contributed by atoms with Crippen molar-refractivity contribution in [3.63, 3.8) is 0 Å². The minimum atomic E-state index is 0.134. The van der Waals surface area contributed by atoms with E-state index in [1.54, 1.807) is 0 Å². The second-order valence-electron chi connectivity index (χ2n) is 5.30. The molecule has 0 amide bonds. The predicted molar refractivity (Wildman–Crippen MR) is 87.5 cm³/mol. The molecule has 1 heterocycles. The van der Waals surface area contributed by atoms with Gasteiger partial charge in [-0.15, -0.1) is 10.2 Å². The molecule has 0 bridgehead atoms. The van der Waals surface area contributed by atoms with Crippen LogP contribution in [0.2, 0.25) is 0 Å². The van der Waals surface area contributed by atoms with E-state index in [0.717, 1.165) is 20.6 Å². The highest BCUT2D eigenvalue weighted by Crippen LogP contribution is 2.30. The average Bonchev–Trinajstić information content (AvgIpc) is 3.16. The Morgan fingerprint density at radius 1 is 1.33 bits per heavy atom. The fourth-order valence-corrected chi connectivity index (χ4v) is 3.58. The molecule has 3 rings (SSSR count). The fourth-order valence-electron chi connectivity index (χ4n) is 1.85. The summed E-state index contributed by atoms with van der Waals surface area (Å²) in [7, 11) is 0. The fraction of sp³-hybridized carbons (Fsp3) is 0.400. The monoisotopic (exact) mass is 319 g/mol. The maximum atomic E-state index is 12.2. The number of carbonyl (C=O) groups excluding carboxylic acids is 1. The Morgan fingerprint density at radius 3 is 2.86 bits per heavy atom. The summed E-state index contributed by atoms with van der Waals surface area (Å²) in [5.41, 5.74) is 3.13. The summed E-state index contributed by atoms with van der Waals surface area (Å²) >= 11 is 2.98. The molecule has 110 valence electrons. The molecule has 0 saturated heterocycles.